The molecule has 38 heavy (non-hydrogen) atoms. The van der Waals surface area contributed by atoms with E-state index in [0.717, 1.165) is 39.5 Å². The highest BCUT2D eigenvalue weighted by atomic mass is 19.4. The molecule has 0 fully saturated rings. The van der Waals surface area contributed by atoms with Crippen molar-refractivity contribution < 1.29 is 22.2 Å². The Bertz CT molecular complexity index is 1410. The highest BCUT2D eigenvalue weighted by Gasteiger charge is 2.23. The van der Waals surface area contributed by atoms with Gasteiger partial charge < -0.3 is 4.70 Å². The molecule has 0 amide bonds. The molecule has 0 N–H and O–H groups in total. The first-order chi connectivity index (χ1) is 17.8. The molecular formula is C30H26BF4N3. The second-order valence-corrected chi connectivity index (χ2v) is 8.76. The number of hydrogen-bond donors (Lipinski definition) is 0. The Morgan fingerprint density at radius 1 is 0.553 bits per heavy atom. The van der Waals surface area contributed by atoms with Crippen LogP contribution >= 0.6 is 0 Å². The van der Waals surface area contributed by atoms with Crippen molar-refractivity contribution in [3.8, 4) is 39.5 Å². The Morgan fingerprint density at radius 3 is 1.47 bits per heavy atom. The van der Waals surface area contributed by atoms with Gasteiger partial charge >= 0.3 is 13.4 Å². The Labute approximate surface area is 220 Å². The maximum atomic E-state index is 9.67. The van der Waals surface area contributed by atoms with Gasteiger partial charge in [0.05, 0.1) is 0 Å². The number of halogens is 4. The van der Waals surface area contributed by atoms with E-state index >= 15 is 0 Å². The van der Waals surface area contributed by atoms with Crippen molar-refractivity contribution in [1.29, 1.82) is 0 Å². The monoisotopic (exact) mass is 515 g/mol. The van der Waals surface area contributed by atoms with E-state index in [1.807, 2.05) is 24.7 Å². The molecule has 0 aliphatic heterocycles. The summed E-state index contributed by atoms with van der Waals surface area (Å²) in [6.07, 6.45) is 5.57. The van der Waals surface area contributed by atoms with Crippen molar-refractivity contribution in [2.75, 3.05) is 0 Å². The van der Waals surface area contributed by atoms with Gasteiger partial charge in [0.25, 0.3) is 0 Å². The summed E-state index contributed by atoms with van der Waals surface area (Å²) in [6, 6.07) is 30.2. The molecular weight excluding hydrogens is 489 g/mol. The quantitative estimate of drug-likeness (QED) is 0.200. The Morgan fingerprint density at radius 2 is 1.03 bits per heavy atom. The normalized spacial score (nSPS) is 10.2. The van der Waals surface area contributed by atoms with E-state index < -0.39 is 7.54 Å². The van der Waals surface area contributed by atoms with Gasteiger partial charge in [-0.15, -0.1) is 0 Å². The fourth-order valence-electron chi connectivity index (χ4n) is 4.07. The standard InChI is InChI=1S/C30H26N3.BF3.FH/c1-21-4-8-25(9-5-21)28-19-27(24-13-15-31-16-14-24)20-29(26-10-6-22(2)7-11-26)33(28)30-18-23(3)12-17-32-30;2-1(3)4;/h4-20H,1-3H3;;1H/q+1;;/p-1. The summed E-state index contributed by atoms with van der Waals surface area (Å²) in [5.41, 5.74) is 10.4. The fourth-order valence-corrected chi connectivity index (χ4v) is 4.07. The second-order valence-electron chi connectivity index (χ2n) is 8.76. The molecule has 2 aromatic carbocycles. The fraction of sp³-hybridized carbons (Fsp3) is 0.100. The molecule has 192 valence electrons. The summed E-state index contributed by atoms with van der Waals surface area (Å²) in [4.78, 5) is 8.98. The van der Waals surface area contributed by atoms with Crippen LogP contribution in [0.4, 0.5) is 12.9 Å². The van der Waals surface area contributed by atoms with E-state index in [1.54, 1.807) is 0 Å². The zero-order valence-corrected chi connectivity index (χ0v) is 21.2. The summed E-state index contributed by atoms with van der Waals surface area (Å²) >= 11 is 0. The summed E-state index contributed by atoms with van der Waals surface area (Å²) in [5.74, 6) is 0.905. The predicted molar refractivity (Wildman–Crippen MR) is 143 cm³/mol. The molecule has 3 aromatic heterocycles. The number of hydrogen-bond acceptors (Lipinski definition) is 2. The highest BCUT2D eigenvalue weighted by molar-refractivity contribution is 6.33. The molecule has 0 saturated carbocycles. The summed E-state index contributed by atoms with van der Waals surface area (Å²) in [6.45, 7) is 6.34. The van der Waals surface area contributed by atoms with Crippen LogP contribution < -0.4 is 9.27 Å². The van der Waals surface area contributed by atoms with Crippen molar-refractivity contribution in [1.82, 2.24) is 9.97 Å². The molecule has 5 rings (SSSR count). The van der Waals surface area contributed by atoms with E-state index in [0.29, 0.717) is 0 Å². The van der Waals surface area contributed by atoms with Crippen LogP contribution in [-0.4, -0.2) is 17.5 Å². The van der Waals surface area contributed by atoms with Crippen LogP contribution in [0, 0.1) is 20.8 Å². The maximum absolute atomic E-state index is 9.67. The zero-order valence-electron chi connectivity index (χ0n) is 21.2. The average molecular weight is 515 g/mol. The first-order valence-corrected chi connectivity index (χ1v) is 11.8. The molecule has 8 heteroatoms. The maximum Gasteiger partial charge on any atom is 0.762 e. The van der Waals surface area contributed by atoms with Gasteiger partial charge in [-0.05, 0) is 72.8 Å². The molecule has 3 nitrogen and oxygen atoms in total. The first kappa shape index (κ1) is 28.2. The van der Waals surface area contributed by atoms with Gasteiger partial charge in [-0.2, -0.15) is 4.57 Å². The van der Waals surface area contributed by atoms with Gasteiger partial charge in [0.2, 0.25) is 0 Å². The Kier molecular flexibility index (Phi) is 9.49. The van der Waals surface area contributed by atoms with Crippen LogP contribution in [-0.2, 0) is 0 Å². The number of nitrogens with zero attached hydrogens (tertiary/aromatic N) is 3. The van der Waals surface area contributed by atoms with Gasteiger partial charge in [0.15, 0.2) is 0 Å². The van der Waals surface area contributed by atoms with Crippen molar-refractivity contribution in [3.63, 3.8) is 0 Å². The number of aryl methyl sites for hydroxylation is 3. The van der Waals surface area contributed by atoms with Crippen molar-refractivity contribution in [3.05, 3.63) is 120 Å². The van der Waals surface area contributed by atoms with Crippen LogP contribution in [0.1, 0.15) is 16.7 Å². The summed E-state index contributed by atoms with van der Waals surface area (Å²) in [5, 5.41) is 0. The predicted octanol–water partition coefficient (Wildman–Crippen LogP) is 4.56. The zero-order chi connectivity index (χ0) is 26.4. The van der Waals surface area contributed by atoms with Crippen molar-refractivity contribution in [2.45, 2.75) is 20.8 Å². The second kappa shape index (κ2) is 12.8. The number of aromatic nitrogens is 3. The lowest BCUT2D eigenvalue weighted by molar-refractivity contribution is -0.576. The van der Waals surface area contributed by atoms with Crippen LogP contribution in [0.15, 0.2) is 104 Å². The lowest BCUT2D eigenvalue weighted by Crippen LogP contribution is -3.00. The minimum atomic E-state index is -3.67. The average Bonchev–Trinajstić information content (AvgIpc) is 2.89. The van der Waals surface area contributed by atoms with E-state index in [4.69, 9.17) is 4.98 Å². The third-order valence-corrected chi connectivity index (χ3v) is 5.90. The van der Waals surface area contributed by atoms with Gasteiger partial charge in [0, 0.05) is 29.6 Å². The first-order valence-electron chi connectivity index (χ1n) is 11.8. The third-order valence-electron chi connectivity index (χ3n) is 5.90. The van der Waals surface area contributed by atoms with Crippen LogP contribution in [0.3, 0.4) is 0 Å². The van der Waals surface area contributed by atoms with E-state index in [9.17, 15) is 12.9 Å². The Hall–Kier alpha value is -4.33. The van der Waals surface area contributed by atoms with E-state index in [2.05, 4.69) is 109 Å². The minimum Gasteiger partial charge on any atom is -1.00 e. The smallest absolute Gasteiger partial charge is 0.762 e. The molecule has 5 aromatic rings. The van der Waals surface area contributed by atoms with Crippen LogP contribution in [0.25, 0.3) is 39.5 Å². The van der Waals surface area contributed by atoms with Crippen LogP contribution in [0.5, 0.6) is 0 Å². The Balaban J connectivity index is 0.000000749. The molecule has 0 unspecified atom stereocenters. The van der Waals surface area contributed by atoms with Crippen molar-refractivity contribution >= 4 is 7.54 Å². The van der Waals surface area contributed by atoms with Crippen molar-refractivity contribution in [2.24, 2.45) is 0 Å². The lowest BCUT2D eigenvalue weighted by atomic mass is 9.98. The van der Waals surface area contributed by atoms with Gasteiger partial charge in [-0.1, -0.05) is 59.7 Å². The molecule has 0 aliphatic carbocycles. The molecule has 3 heterocycles. The molecule has 0 radical (unpaired) electrons. The van der Waals surface area contributed by atoms with E-state index in [1.165, 1.54) is 16.7 Å². The minimum absolute atomic E-state index is 0. The molecule has 0 aliphatic rings. The molecule has 0 saturated heterocycles. The largest absolute Gasteiger partial charge is 1.00 e. The van der Waals surface area contributed by atoms with Gasteiger partial charge in [-0.25, -0.2) is 0 Å². The molecule has 0 spiro atoms. The van der Waals surface area contributed by atoms with Crippen LogP contribution in [0.2, 0.25) is 0 Å². The number of rotatable bonds is 4. The SMILES string of the molecule is Cc1ccc(-c2cc(-c3ccncc3)cc(-c3ccc(C)cc3)[n+]2-c2cc(C)ccn2)cc1.FB(F)F.[F-]. The summed E-state index contributed by atoms with van der Waals surface area (Å²) in [7, 11) is -3.67. The topological polar surface area (TPSA) is 29.7 Å². The molecule has 0 bridgehead atoms. The number of pyridine rings is 3. The van der Waals surface area contributed by atoms with Gasteiger partial charge in [0.1, 0.15) is 17.6 Å². The number of benzene rings is 2. The lowest BCUT2D eigenvalue weighted by Gasteiger charge is -2.15. The van der Waals surface area contributed by atoms with E-state index in [-0.39, 0.29) is 4.70 Å². The third kappa shape index (κ3) is 6.91. The van der Waals surface area contributed by atoms with Gasteiger partial charge in [-0.3, -0.25) is 17.9 Å². The summed E-state index contributed by atoms with van der Waals surface area (Å²) < 4.78 is 31.3. The molecule has 0 atom stereocenters. The highest BCUT2D eigenvalue weighted by Crippen LogP contribution is 2.30.